The van der Waals surface area contributed by atoms with Crippen LogP contribution in [0.15, 0.2) is 83.7 Å². The van der Waals surface area contributed by atoms with Gasteiger partial charge < -0.3 is 4.90 Å². The normalized spacial score (nSPS) is 11.2. The molecule has 1 aromatic heterocycles. The molecule has 0 atom stereocenters. The second kappa shape index (κ2) is 9.27. The molecule has 4 aromatic rings. The standard InChI is InChI=1S/C27H29N3O2/c1-20(2)17-29(18-21-10-6-4-7-11-21)26(31)19-30-25-16-23(22-12-8-5-9-13-22)14-15-24(25)28(3)27(30)32/h4-16,20H,17-19H2,1-3H3. The van der Waals surface area contributed by atoms with Gasteiger partial charge in [0.2, 0.25) is 5.91 Å². The van der Waals surface area contributed by atoms with Gasteiger partial charge in [-0.15, -0.1) is 0 Å². The average Bonchev–Trinajstić information content (AvgIpc) is 3.04. The van der Waals surface area contributed by atoms with Crippen LogP contribution in [0.3, 0.4) is 0 Å². The molecule has 4 rings (SSSR count). The van der Waals surface area contributed by atoms with Gasteiger partial charge in [0.1, 0.15) is 6.54 Å². The molecule has 0 saturated carbocycles. The van der Waals surface area contributed by atoms with Gasteiger partial charge in [-0.3, -0.25) is 13.9 Å². The van der Waals surface area contributed by atoms with E-state index in [-0.39, 0.29) is 18.1 Å². The third kappa shape index (κ3) is 4.52. The summed E-state index contributed by atoms with van der Waals surface area (Å²) in [6.45, 7) is 5.39. The lowest BCUT2D eigenvalue weighted by molar-refractivity contribution is -0.133. The van der Waals surface area contributed by atoms with Gasteiger partial charge in [0.15, 0.2) is 0 Å². The van der Waals surface area contributed by atoms with Gasteiger partial charge in [-0.05, 0) is 34.7 Å². The van der Waals surface area contributed by atoms with Crippen LogP contribution in [0.1, 0.15) is 19.4 Å². The molecule has 0 saturated heterocycles. The Hall–Kier alpha value is -3.60. The lowest BCUT2D eigenvalue weighted by Crippen LogP contribution is -2.38. The van der Waals surface area contributed by atoms with E-state index in [0.717, 1.165) is 27.7 Å². The maximum absolute atomic E-state index is 13.4. The molecule has 0 spiro atoms. The number of carbonyl (C=O) groups is 1. The maximum Gasteiger partial charge on any atom is 0.329 e. The molecule has 0 N–H and O–H groups in total. The third-order valence-electron chi connectivity index (χ3n) is 5.70. The molecule has 1 amide bonds. The Morgan fingerprint density at radius 1 is 0.875 bits per heavy atom. The van der Waals surface area contributed by atoms with Gasteiger partial charge in [0.25, 0.3) is 0 Å². The number of aryl methyl sites for hydroxylation is 1. The number of benzene rings is 3. The molecule has 5 nitrogen and oxygen atoms in total. The van der Waals surface area contributed by atoms with Crippen LogP contribution in [0.4, 0.5) is 0 Å². The smallest absolute Gasteiger partial charge is 0.329 e. The summed E-state index contributed by atoms with van der Waals surface area (Å²) < 4.78 is 3.21. The number of amides is 1. The predicted molar refractivity (Wildman–Crippen MR) is 129 cm³/mol. The highest BCUT2D eigenvalue weighted by Crippen LogP contribution is 2.24. The number of aromatic nitrogens is 2. The fourth-order valence-corrected chi connectivity index (χ4v) is 4.11. The third-order valence-corrected chi connectivity index (χ3v) is 5.70. The molecule has 0 fully saturated rings. The number of fused-ring (bicyclic) bond motifs is 1. The molecular weight excluding hydrogens is 398 g/mol. The van der Waals surface area contributed by atoms with Crippen LogP contribution in [0, 0.1) is 5.92 Å². The van der Waals surface area contributed by atoms with Crippen LogP contribution in [-0.2, 0) is 24.9 Å². The lowest BCUT2D eigenvalue weighted by atomic mass is 10.1. The minimum Gasteiger partial charge on any atom is -0.337 e. The van der Waals surface area contributed by atoms with E-state index in [9.17, 15) is 9.59 Å². The van der Waals surface area contributed by atoms with Crippen LogP contribution in [0.2, 0.25) is 0 Å². The highest BCUT2D eigenvalue weighted by atomic mass is 16.2. The number of hydrogen-bond acceptors (Lipinski definition) is 2. The maximum atomic E-state index is 13.4. The molecule has 0 aliphatic heterocycles. The molecular formula is C27H29N3O2. The van der Waals surface area contributed by atoms with Crippen molar-refractivity contribution in [1.29, 1.82) is 0 Å². The summed E-state index contributed by atoms with van der Waals surface area (Å²) in [5.74, 6) is 0.277. The first-order chi connectivity index (χ1) is 15.4. The van der Waals surface area contributed by atoms with Crippen LogP contribution in [-0.4, -0.2) is 26.5 Å². The van der Waals surface area contributed by atoms with E-state index in [1.54, 1.807) is 16.2 Å². The molecule has 0 radical (unpaired) electrons. The molecule has 32 heavy (non-hydrogen) atoms. The number of rotatable bonds is 7. The Kier molecular flexibility index (Phi) is 6.26. The van der Waals surface area contributed by atoms with E-state index >= 15 is 0 Å². The average molecular weight is 428 g/mol. The molecule has 0 aliphatic carbocycles. The fraction of sp³-hybridized carbons (Fsp3) is 0.259. The molecule has 0 aliphatic rings. The Labute approximate surface area is 188 Å². The summed E-state index contributed by atoms with van der Waals surface area (Å²) in [6.07, 6.45) is 0. The second-order valence-electron chi connectivity index (χ2n) is 8.65. The van der Waals surface area contributed by atoms with E-state index in [1.807, 2.05) is 83.8 Å². The van der Waals surface area contributed by atoms with Gasteiger partial charge in [0, 0.05) is 20.1 Å². The van der Waals surface area contributed by atoms with Gasteiger partial charge in [0.05, 0.1) is 11.0 Å². The van der Waals surface area contributed by atoms with Crippen molar-refractivity contribution in [1.82, 2.24) is 14.0 Å². The highest BCUT2D eigenvalue weighted by molar-refractivity contribution is 5.85. The Morgan fingerprint density at radius 3 is 2.19 bits per heavy atom. The van der Waals surface area contributed by atoms with Crippen LogP contribution in [0.25, 0.3) is 22.2 Å². The largest absolute Gasteiger partial charge is 0.337 e. The van der Waals surface area contributed by atoms with Crippen molar-refractivity contribution in [3.8, 4) is 11.1 Å². The predicted octanol–water partition coefficient (Wildman–Crippen LogP) is 4.69. The Bertz CT molecular complexity index is 1270. The van der Waals surface area contributed by atoms with Gasteiger partial charge in [-0.25, -0.2) is 4.79 Å². The SMILES string of the molecule is CC(C)CN(Cc1ccccc1)C(=O)Cn1c(=O)n(C)c2ccc(-c3ccccc3)cc21. The van der Waals surface area contributed by atoms with Gasteiger partial charge in [-0.2, -0.15) is 0 Å². The first-order valence-corrected chi connectivity index (χ1v) is 11.0. The molecule has 164 valence electrons. The molecule has 5 heteroatoms. The van der Waals surface area contributed by atoms with E-state index in [0.29, 0.717) is 19.0 Å². The Balaban J connectivity index is 1.69. The minimum absolute atomic E-state index is 0.0218. The first kappa shape index (κ1) is 21.6. The van der Waals surface area contributed by atoms with E-state index in [2.05, 4.69) is 13.8 Å². The van der Waals surface area contributed by atoms with E-state index < -0.39 is 0 Å². The van der Waals surface area contributed by atoms with Crippen molar-refractivity contribution in [3.63, 3.8) is 0 Å². The zero-order valence-electron chi connectivity index (χ0n) is 18.9. The van der Waals surface area contributed by atoms with Crippen molar-refractivity contribution >= 4 is 16.9 Å². The molecule has 0 unspecified atom stereocenters. The molecule has 3 aromatic carbocycles. The molecule has 0 bridgehead atoms. The zero-order chi connectivity index (χ0) is 22.7. The summed E-state index contributed by atoms with van der Waals surface area (Å²) in [5.41, 5.74) is 4.60. The summed E-state index contributed by atoms with van der Waals surface area (Å²) in [7, 11) is 1.75. The van der Waals surface area contributed by atoms with Crippen molar-refractivity contribution in [2.45, 2.75) is 26.9 Å². The summed E-state index contributed by atoms with van der Waals surface area (Å²) in [6, 6.07) is 26.0. The summed E-state index contributed by atoms with van der Waals surface area (Å²) >= 11 is 0. The first-order valence-electron chi connectivity index (χ1n) is 11.0. The topological polar surface area (TPSA) is 47.2 Å². The van der Waals surface area contributed by atoms with Crippen LogP contribution < -0.4 is 5.69 Å². The van der Waals surface area contributed by atoms with E-state index in [4.69, 9.17) is 0 Å². The number of nitrogens with zero attached hydrogens (tertiary/aromatic N) is 3. The van der Waals surface area contributed by atoms with Crippen LogP contribution >= 0.6 is 0 Å². The number of hydrogen-bond donors (Lipinski definition) is 0. The second-order valence-corrected chi connectivity index (χ2v) is 8.65. The number of imidazole rings is 1. The lowest BCUT2D eigenvalue weighted by Gasteiger charge is -2.25. The monoisotopic (exact) mass is 427 g/mol. The molecule has 1 heterocycles. The van der Waals surface area contributed by atoms with Crippen LogP contribution in [0.5, 0.6) is 0 Å². The van der Waals surface area contributed by atoms with E-state index in [1.165, 1.54) is 0 Å². The fourth-order valence-electron chi connectivity index (χ4n) is 4.11. The van der Waals surface area contributed by atoms with Crippen molar-refractivity contribution in [2.24, 2.45) is 13.0 Å². The zero-order valence-corrected chi connectivity index (χ0v) is 18.9. The van der Waals surface area contributed by atoms with Gasteiger partial charge >= 0.3 is 5.69 Å². The highest BCUT2D eigenvalue weighted by Gasteiger charge is 2.20. The summed E-state index contributed by atoms with van der Waals surface area (Å²) in [4.78, 5) is 28.3. The Morgan fingerprint density at radius 2 is 1.53 bits per heavy atom. The van der Waals surface area contributed by atoms with Crippen molar-refractivity contribution in [2.75, 3.05) is 6.54 Å². The summed E-state index contributed by atoms with van der Waals surface area (Å²) in [5, 5.41) is 0. The minimum atomic E-state index is -0.178. The van der Waals surface area contributed by atoms with Gasteiger partial charge in [-0.1, -0.05) is 80.6 Å². The van der Waals surface area contributed by atoms with Crippen molar-refractivity contribution < 1.29 is 4.79 Å². The quantitative estimate of drug-likeness (QED) is 0.430. The number of carbonyl (C=O) groups excluding carboxylic acids is 1. The van der Waals surface area contributed by atoms with Crippen molar-refractivity contribution in [3.05, 3.63) is 94.9 Å².